The zero-order valence-corrected chi connectivity index (χ0v) is 14.8. The Morgan fingerprint density at radius 2 is 1.92 bits per heavy atom. The third-order valence-electron chi connectivity index (χ3n) is 3.87. The standard InChI is InChI=1S/C19H17N3O2S/c1-23-17-7-15-16(8-18(17)24-2)21-10-13(9-20)19(15)22-14-5-3-4-12(6-14)11-25/h3-8,10,25H,11H2,1-2H3,(H,21,22). The first-order valence-corrected chi connectivity index (χ1v) is 8.25. The molecule has 2 aromatic carbocycles. The Balaban J connectivity index is 2.18. The van der Waals surface area contributed by atoms with Crippen molar-refractivity contribution in [3.05, 3.63) is 53.7 Å². The number of hydrogen-bond donors (Lipinski definition) is 2. The number of nitrogens with zero attached hydrogens (tertiary/aromatic N) is 2. The van der Waals surface area contributed by atoms with Crippen LogP contribution in [0.4, 0.5) is 11.4 Å². The molecule has 3 rings (SSSR count). The van der Waals surface area contributed by atoms with E-state index in [1.807, 2.05) is 30.3 Å². The van der Waals surface area contributed by atoms with Crippen LogP contribution in [0.2, 0.25) is 0 Å². The number of pyridine rings is 1. The van der Waals surface area contributed by atoms with Gasteiger partial charge in [0.05, 0.1) is 31.0 Å². The van der Waals surface area contributed by atoms with Gasteiger partial charge in [0, 0.05) is 29.1 Å². The number of nitrogens with one attached hydrogen (secondary N) is 1. The quantitative estimate of drug-likeness (QED) is 0.671. The van der Waals surface area contributed by atoms with Crippen LogP contribution in [0.3, 0.4) is 0 Å². The highest BCUT2D eigenvalue weighted by atomic mass is 32.1. The molecule has 0 bridgehead atoms. The Hall–Kier alpha value is -2.91. The molecule has 0 radical (unpaired) electrons. The summed E-state index contributed by atoms with van der Waals surface area (Å²) in [6, 6.07) is 13.7. The van der Waals surface area contributed by atoms with Crippen LogP contribution in [-0.4, -0.2) is 19.2 Å². The first kappa shape index (κ1) is 16.9. The molecule has 126 valence electrons. The molecule has 0 aliphatic carbocycles. The van der Waals surface area contributed by atoms with Crippen molar-refractivity contribution < 1.29 is 9.47 Å². The molecular weight excluding hydrogens is 334 g/mol. The molecule has 0 amide bonds. The van der Waals surface area contributed by atoms with Crippen molar-refractivity contribution in [2.75, 3.05) is 19.5 Å². The summed E-state index contributed by atoms with van der Waals surface area (Å²) in [5, 5.41) is 13.6. The highest BCUT2D eigenvalue weighted by Crippen LogP contribution is 2.36. The van der Waals surface area contributed by atoms with Gasteiger partial charge in [-0.2, -0.15) is 17.9 Å². The zero-order chi connectivity index (χ0) is 17.8. The van der Waals surface area contributed by atoms with Crippen molar-refractivity contribution in [2.24, 2.45) is 0 Å². The number of aromatic nitrogens is 1. The van der Waals surface area contributed by atoms with E-state index in [2.05, 4.69) is 29.0 Å². The Labute approximate surface area is 151 Å². The Morgan fingerprint density at radius 1 is 1.16 bits per heavy atom. The van der Waals surface area contributed by atoms with Crippen LogP contribution in [0.25, 0.3) is 10.9 Å². The predicted octanol–water partition coefficient (Wildman–Crippen LogP) is 4.30. The van der Waals surface area contributed by atoms with Crippen molar-refractivity contribution in [1.82, 2.24) is 4.98 Å². The molecule has 0 atom stereocenters. The lowest BCUT2D eigenvalue weighted by atomic mass is 10.1. The molecule has 1 N–H and O–H groups in total. The molecule has 1 aromatic heterocycles. The number of nitriles is 1. The summed E-state index contributed by atoms with van der Waals surface area (Å²) in [5.41, 5.74) is 3.82. The molecule has 6 heteroatoms. The second kappa shape index (κ2) is 7.32. The molecule has 0 aliphatic rings. The van der Waals surface area contributed by atoms with Gasteiger partial charge in [0.25, 0.3) is 0 Å². The van der Waals surface area contributed by atoms with Crippen molar-refractivity contribution in [2.45, 2.75) is 5.75 Å². The monoisotopic (exact) mass is 351 g/mol. The maximum Gasteiger partial charge on any atom is 0.162 e. The number of ether oxygens (including phenoxy) is 2. The fourth-order valence-corrected chi connectivity index (χ4v) is 2.83. The fourth-order valence-electron chi connectivity index (χ4n) is 2.63. The average molecular weight is 351 g/mol. The molecule has 0 aliphatic heterocycles. The highest BCUT2D eigenvalue weighted by molar-refractivity contribution is 7.79. The van der Waals surface area contributed by atoms with Crippen molar-refractivity contribution >= 4 is 34.9 Å². The number of benzene rings is 2. The fraction of sp³-hybridized carbons (Fsp3) is 0.158. The highest BCUT2D eigenvalue weighted by Gasteiger charge is 2.14. The van der Waals surface area contributed by atoms with Gasteiger partial charge in [-0.3, -0.25) is 4.98 Å². The van der Waals surface area contributed by atoms with Crippen LogP contribution in [-0.2, 0) is 5.75 Å². The van der Waals surface area contributed by atoms with Crippen molar-refractivity contribution in [3.8, 4) is 17.6 Å². The maximum absolute atomic E-state index is 9.49. The summed E-state index contributed by atoms with van der Waals surface area (Å²) in [5.74, 6) is 1.82. The van der Waals surface area contributed by atoms with E-state index in [9.17, 15) is 5.26 Å². The van der Waals surface area contributed by atoms with Crippen LogP contribution in [0.5, 0.6) is 11.5 Å². The van der Waals surface area contributed by atoms with Gasteiger partial charge < -0.3 is 14.8 Å². The van der Waals surface area contributed by atoms with E-state index in [-0.39, 0.29) is 0 Å². The van der Waals surface area contributed by atoms with Crippen LogP contribution in [0.1, 0.15) is 11.1 Å². The predicted molar refractivity (Wildman–Crippen MR) is 102 cm³/mol. The average Bonchev–Trinajstić information content (AvgIpc) is 2.67. The zero-order valence-electron chi connectivity index (χ0n) is 13.9. The smallest absolute Gasteiger partial charge is 0.162 e. The van der Waals surface area contributed by atoms with E-state index in [1.165, 1.54) is 0 Å². The Bertz CT molecular complexity index is 967. The largest absolute Gasteiger partial charge is 0.493 e. The van der Waals surface area contributed by atoms with Gasteiger partial charge in [0.1, 0.15) is 6.07 Å². The number of methoxy groups -OCH3 is 2. The molecule has 0 spiro atoms. The lowest BCUT2D eigenvalue weighted by molar-refractivity contribution is 0.356. The van der Waals surface area contributed by atoms with Crippen LogP contribution in [0, 0.1) is 11.3 Å². The van der Waals surface area contributed by atoms with Gasteiger partial charge in [-0.25, -0.2) is 0 Å². The van der Waals surface area contributed by atoms with Gasteiger partial charge in [-0.1, -0.05) is 12.1 Å². The minimum Gasteiger partial charge on any atom is -0.493 e. The second-order valence-corrected chi connectivity index (χ2v) is 5.68. The second-order valence-electron chi connectivity index (χ2n) is 5.37. The molecule has 0 saturated heterocycles. The summed E-state index contributed by atoms with van der Waals surface area (Å²) in [6.07, 6.45) is 1.55. The van der Waals surface area contributed by atoms with E-state index < -0.39 is 0 Å². The van der Waals surface area contributed by atoms with Crippen molar-refractivity contribution in [3.63, 3.8) is 0 Å². The minimum atomic E-state index is 0.455. The topological polar surface area (TPSA) is 67.2 Å². The molecule has 0 saturated carbocycles. The van der Waals surface area contributed by atoms with Gasteiger partial charge in [0.15, 0.2) is 11.5 Å². The summed E-state index contributed by atoms with van der Waals surface area (Å²) < 4.78 is 10.7. The van der Waals surface area contributed by atoms with E-state index in [0.717, 1.165) is 16.6 Å². The van der Waals surface area contributed by atoms with Crippen LogP contribution < -0.4 is 14.8 Å². The van der Waals surface area contributed by atoms with Gasteiger partial charge >= 0.3 is 0 Å². The first-order chi connectivity index (χ1) is 12.2. The summed E-state index contributed by atoms with van der Waals surface area (Å²) in [7, 11) is 3.16. The normalized spacial score (nSPS) is 10.3. The number of fused-ring (bicyclic) bond motifs is 1. The summed E-state index contributed by atoms with van der Waals surface area (Å²) in [4.78, 5) is 4.36. The summed E-state index contributed by atoms with van der Waals surface area (Å²) in [6.45, 7) is 0. The Kier molecular flexibility index (Phi) is 4.96. The SMILES string of the molecule is COc1cc2ncc(C#N)c(Nc3cccc(CS)c3)c2cc1OC. The van der Waals surface area contributed by atoms with E-state index in [1.54, 1.807) is 26.5 Å². The molecule has 3 aromatic rings. The number of thiol groups is 1. The third kappa shape index (κ3) is 3.32. The first-order valence-electron chi connectivity index (χ1n) is 7.61. The van der Waals surface area contributed by atoms with Crippen LogP contribution in [0.15, 0.2) is 42.6 Å². The van der Waals surface area contributed by atoms with Gasteiger partial charge in [0.2, 0.25) is 0 Å². The lowest BCUT2D eigenvalue weighted by Crippen LogP contribution is -1.99. The van der Waals surface area contributed by atoms with Gasteiger partial charge in [-0.15, -0.1) is 0 Å². The third-order valence-corrected chi connectivity index (χ3v) is 4.24. The molecule has 0 fully saturated rings. The molecule has 25 heavy (non-hydrogen) atoms. The van der Waals surface area contributed by atoms with E-state index in [4.69, 9.17) is 9.47 Å². The maximum atomic E-state index is 9.49. The minimum absolute atomic E-state index is 0.455. The Morgan fingerprint density at radius 3 is 2.60 bits per heavy atom. The summed E-state index contributed by atoms with van der Waals surface area (Å²) >= 11 is 4.31. The van der Waals surface area contributed by atoms with E-state index in [0.29, 0.717) is 34.0 Å². The molecular formula is C19H17N3O2S. The number of rotatable bonds is 5. The number of anilines is 2. The molecule has 0 unspecified atom stereocenters. The van der Waals surface area contributed by atoms with Crippen molar-refractivity contribution in [1.29, 1.82) is 5.26 Å². The molecule has 5 nitrogen and oxygen atoms in total. The lowest BCUT2D eigenvalue weighted by Gasteiger charge is -2.14. The molecule has 1 heterocycles. The number of hydrogen-bond acceptors (Lipinski definition) is 6. The van der Waals surface area contributed by atoms with E-state index >= 15 is 0 Å². The van der Waals surface area contributed by atoms with Crippen LogP contribution >= 0.6 is 12.6 Å². The van der Waals surface area contributed by atoms with Gasteiger partial charge in [-0.05, 0) is 23.8 Å².